The average Bonchev–Trinajstić information content (AvgIpc) is 2.62. The van der Waals surface area contributed by atoms with Crippen molar-refractivity contribution in [3.63, 3.8) is 0 Å². The van der Waals surface area contributed by atoms with Gasteiger partial charge < -0.3 is 4.90 Å². The summed E-state index contributed by atoms with van der Waals surface area (Å²) in [6.45, 7) is 1.03. The van der Waals surface area contributed by atoms with Crippen molar-refractivity contribution < 1.29 is 9.59 Å². The van der Waals surface area contributed by atoms with Gasteiger partial charge in [0.05, 0.1) is 0 Å². The monoisotopic (exact) mass is 311 g/mol. The second-order valence-corrected chi connectivity index (χ2v) is 5.60. The zero-order valence-electron chi connectivity index (χ0n) is 12.6. The maximum atomic E-state index is 12.4. The third kappa shape index (κ3) is 3.36. The van der Waals surface area contributed by atoms with E-state index < -0.39 is 0 Å². The molecule has 2 heterocycles. The van der Waals surface area contributed by atoms with Gasteiger partial charge in [-0.3, -0.25) is 14.4 Å². The fraction of sp³-hybridized carbons (Fsp3) is 0.294. The van der Waals surface area contributed by atoms with Gasteiger partial charge in [0.2, 0.25) is 0 Å². The Morgan fingerprint density at radius 3 is 2.35 bits per heavy atom. The lowest BCUT2D eigenvalue weighted by Crippen LogP contribution is -2.40. The summed E-state index contributed by atoms with van der Waals surface area (Å²) in [4.78, 5) is 37.4. The molecule has 1 amide bonds. The minimum absolute atomic E-state index is 0.0509. The van der Waals surface area contributed by atoms with Gasteiger partial charge in [-0.15, -0.1) is 0 Å². The number of likely N-dealkylation sites (tertiary alicyclic amines) is 1. The van der Waals surface area contributed by atoms with Crippen LogP contribution in [0.5, 0.6) is 0 Å². The van der Waals surface area contributed by atoms with Crippen LogP contribution in [0.4, 0.5) is 0 Å². The minimum Gasteiger partial charge on any atom is -0.337 e. The number of aromatic nitrogens is 2. The fourth-order valence-corrected chi connectivity index (χ4v) is 2.81. The summed E-state index contributed by atoms with van der Waals surface area (Å²) in [5.74, 6) is -0.128. The molecule has 6 heteroatoms. The van der Waals surface area contributed by atoms with Gasteiger partial charge in [0.1, 0.15) is 5.69 Å². The summed E-state index contributed by atoms with van der Waals surface area (Å²) in [7, 11) is 0. The molecule has 1 aliphatic rings. The van der Waals surface area contributed by atoms with Crippen molar-refractivity contribution in [3.8, 4) is 0 Å². The Bertz CT molecular complexity index is 742. The second kappa shape index (κ2) is 6.56. The van der Waals surface area contributed by atoms with E-state index >= 15 is 0 Å². The summed E-state index contributed by atoms with van der Waals surface area (Å²) in [6, 6.07) is 11.9. The highest BCUT2D eigenvalue weighted by Crippen LogP contribution is 2.22. The molecule has 1 saturated heterocycles. The molecule has 3 rings (SSSR count). The van der Waals surface area contributed by atoms with Gasteiger partial charge in [0.25, 0.3) is 11.5 Å². The predicted octanol–water partition coefficient (Wildman–Crippen LogP) is 1.51. The number of amides is 1. The number of Topliss-reactive ketones (excluding diaryl/α,β-unsaturated/α-hetero) is 1. The number of hydrogen-bond donors (Lipinski definition) is 1. The van der Waals surface area contributed by atoms with Crippen LogP contribution in [0.3, 0.4) is 0 Å². The summed E-state index contributed by atoms with van der Waals surface area (Å²) in [5, 5.41) is 6.02. The van der Waals surface area contributed by atoms with E-state index in [1.807, 2.05) is 30.3 Å². The van der Waals surface area contributed by atoms with Crippen LogP contribution in [0.15, 0.2) is 47.3 Å². The topological polar surface area (TPSA) is 83.1 Å². The maximum Gasteiger partial charge on any atom is 0.274 e. The van der Waals surface area contributed by atoms with Gasteiger partial charge in [-0.25, -0.2) is 5.10 Å². The number of rotatable bonds is 3. The molecule has 0 bridgehead atoms. The van der Waals surface area contributed by atoms with Crippen molar-refractivity contribution in [1.29, 1.82) is 0 Å². The van der Waals surface area contributed by atoms with Crippen LogP contribution in [-0.2, 0) is 0 Å². The molecular formula is C17H17N3O3. The summed E-state index contributed by atoms with van der Waals surface area (Å²) in [5.41, 5.74) is 0.603. The van der Waals surface area contributed by atoms with E-state index in [9.17, 15) is 14.4 Å². The molecule has 1 N–H and O–H groups in total. The van der Waals surface area contributed by atoms with Crippen LogP contribution in [-0.4, -0.2) is 39.9 Å². The van der Waals surface area contributed by atoms with Gasteiger partial charge in [0.15, 0.2) is 5.78 Å². The number of nitrogens with zero attached hydrogens (tertiary/aromatic N) is 2. The molecule has 1 aliphatic heterocycles. The van der Waals surface area contributed by atoms with Crippen molar-refractivity contribution >= 4 is 11.7 Å². The number of nitrogens with one attached hydrogen (secondary N) is 1. The standard InChI is InChI=1S/C17H17N3O3/c21-15-7-6-14(18-19-15)17(23)20-10-8-13(9-11-20)16(22)12-4-2-1-3-5-12/h1-7,13H,8-11H2,(H,19,21). The zero-order valence-corrected chi connectivity index (χ0v) is 12.6. The van der Waals surface area contributed by atoms with E-state index in [0.717, 1.165) is 5.56 Å². The lowest BCUT2D eigenvalue weighted by Gasteiger charge is -2.31. The highest BCUT2D eigenvalue weighted by atomic mass is 16.2. The normalized spacial score (nSPS) is 15.4. The minimum atomic E-state index is -0.339. The van der Waals surface area contributed by atoms with Gasteiger partial charge in [-0.05, 0) is 18.9 Å². The first-order chi connectivity index (χ1) is 11.1. The molecule has 1 aromatic heterocycles. The number of aromatic amines is 1. The Labute approximate surface area is 133 Å². The zero-order chi connectivity index (χ0) is 16.2. The lowest BCUT2D eigenvalue weighted by atomic mass is 9.89. The van der Waals surface area contributed by atoms with Gasteiger partial charge in [-0.1, -0.05) is 30.3 Å². The Morgan fingerprint density at radius 2 is 1.74 bits per heavy atom. The highest BCUT2D eigenvalue weighted by molar-refractivity contribution is 5.98. The van der Waals surface area contributed by atoms with Gasteiger partial charge in [0, 0.05) is 30.6 Å². The first-order valence-electron chi connectivity index (χ1n) is 7.59. The van der Waals surface area contributed by atoms with Crippen LogP contribution < -0.4 is 5.56 Å². The number of benzene rings is 1. The van der Waals surface area contributed by atoms with E-state index in [-0.39, 0.29) is 28.9 Å². The van der Waals surface area contributed by atoms with Crippen molar-refractivity contribution in [2.24, 2.45) is 5.92 Å². The maximum absolute atomic E-state index is 12.4. The molecule has 0 aliphatic carbocycles. The number of H-pyrrole nitrogens is 1. The molecule has 0 atom stereocenters. The van der Waals surface area contributed by atoms with E-state index in [4.69, 9.17) is 0 Å². The largest absolute Gasteiger partial charge is 0.337 e. The number of hydrogen-bond acceptors (Lipinski definition) is 4. The van der Waals surface area contributed by atoms with Gasteiger partial charge >= 0.3 is 0 Å². The first kappa shape index (κ1) is 15.1. The van der Waals surface area contributed by atoms with Crippen LogP contribution >= 0.6 is 0 Å². The molecule has 2 aromatic rings. The fourth-order valence-electron chi connectivity index (χ4n) is 2.81. The van der Waals surface area contributed by atoms with E-state index in [1.54, 1.807) is 4.90 Å². The molecule has 1 fully saturated rings. The number of ketones is 1. The van der Waals surface area contributed by atoms with Crippen molar-refractivity contribution in [2.45, 2.75) is 12.8 Å². The van der Waals surface area contributed by atoms with Crippen molar-refractivity contribution in [3.05, 3.63) is 64.1 Å². The Balaban J connectivity index is 1.62. The third-order valence-electron chi connectivity index (χ3n) is 4.11. The number of carbonyl (C=O) groups excluding carboxylic acids is 2. The average molecular weight is 311 g/mol. The molecule has 118 valence electrons. The van der Waals surface area contributed by atoms with Crippen LogP contribution in [0.25, 0.3) is 0 Å². The third-order valence-corrected chi connectivity index (χ3v) is 4.11. The quantitative estimate of drug-likeness (QED) is 0.871. The van der Waals surface area contributed by atoms with E-state index in [2.05, 4.69) is 10.2 Å². The van der Waals surface area contributed by atoms with Crippen LogP contribution in [0.1, 0.15) is 33.7 Å². The lowest BCUT2D eigenvalue weighted by molar-refractivity contribution is 0.0644. The van der Waals surface area contributed by atoms with E-state index in [1.165, 1.54) is 12.1 Å². The van der Waals surface area contributed by atoms with E-state index in [0.29, 0.717) is 25.9 Å². The molecule has 0 unspecified atom stereocenters. The molecule has 23 heavy (non-hydrogen) atoms. The molecule has 6 nitrogen and oxygen atoms in total. The van der Waals surface area contributed by atoms with Crippen molar-refractivity contribution in [1.82, 2.24) is 15.1 Å². The highest BCUT2D eigenvalue weighted by Gasteiger charge is 2.28. The smallest absolute Gasteiger partial charge is 0.274 e. The molecule has 1 aromatic carbocycles. The number of carbonyl (C=O) groups is 2. The molecule has 0 spiro atoms. The second-order valence-electron chi connectivity index (χ2n) is 5.60. The first-order valence-corrected chi connectivity index (χ1v) is 7.59. The van der Waals surface area contributed by atoms with Gasteiger partial charge in [-0.2, -0.15) is 5.10 Å². The van der Waals surface area contributed by atoms with Crippen molar-refractivity contribution in [2.75, 3.05) is 13.1 Å². The number of piperidine rings is 1. The van der Waals surface area contributed by atoms with Crippen LogP contribution in [0.2, 0.25) is 0 Å². The molecular weight excluding hydrogens is 294 g/mol. The summed E-state index contributed by atoms with van der Waals surface area (Å²) >= 11 is 0. The molecule has 0 saturated carbocycles. The Morgan fingerprint density at radius 1 is 1.04 bits per heavy atom. The Kier molecular flexibility index (Phi) is 4.32. The Hall–Kier alpha value is -2.76. The SMILES string of the molecule is O=C(c1ccccc1)C1CCN(C(=O)c2ccc(=O)[nH]n2)CC1. The predicted molar refractivity (Wildman–Crippen MR) is 84.3 cm³/mol. The summed E-state index contributed by atoms with van der Waals surface area (Å²) in [6.07, 6.45) is 1.28. The van der Waals surface area contributed by atoms with Crippen LogP contribution in [0, 0.1) is 5.92 Å². The molecule has 0 radical (unpaired) electrons. The summed E-state index contributed by atoms with van der Waals surface area (Å²) < 4.78 is 0.